The summed E-state index contributed by atoms with van der Waals surface area (Å²) in [5.41, 5.74) is 0.961. The van der Waals surface area contributed by atoms with Gasteiger partial charge in [0.25, 0.3) is 0 Å². The number of nitrogens with one attached hydrogen (secondary N) is 1. The van der Waals surface area contributed by atoms with E-state index < -0.39 is 20.5 Å². The lowest BCUT2D eigenvalue weighted by Crippen LogP contribution is -2.44. The fourth-order valence-electron chi connectivity index (χ4n) is 3.64. The van der Waals surface area contributed by atoms with E-state index in [9.17, 15) is 22.0 Å². The molecule has 1 aromatic carbocycles. The smallest absolute Gasteiger partial charge is 0.341 e. The van der Waals surface area contributed by atoms with Crippen LogP contribution in [0.5, 0.6) is 0 Å². The zero-order valence-electron chi connectivity index (χ0n) is 13.9. The number of hydrogen-bond donors (Lipinski definition) is 1. The zero-order chi connectivity index (χ0) is 18.1. The van der Waals surface area contributed by atoms with Crippen LogP contribution >= 0.6 is 0 Å². The number of benzene rings is 1. The monoisotopic (exact) mass is 372 g/mol. The Hall–Kier alpha value is -1.54. The summed E-state index contributed by atoms with van der Waals surface area (Å²) in [6.45, 7) is 3.54. The first-order valence-electron chi connectivity index (χ1n) is 8.42. The molecule has 2 heterocycles. The quantitative estimate of drug-likeness (QED) is 0.876. The van der Waals surface area contributed by atoms with Gasteiger partial charge in [0.05, 0.1) is 11.3 Å². The maximum absolute atomic E-state index is 12.5. The van der Waals surface area contributed by atoms with Crippen LogP contribution in [-0.2, 0) is 21.1 Å². The molecule has 2 saturated heterocycles. The van der Waals surface area contributed by atoms with Gasteiger partial charge >= 0.3 is 5.76 Å². The highest BCUT2D eigenvalue weighted by atomic mass is 32.2. The van der Waals surface area contributed by atoms with E-state index in [4.69, 9.17) is 0 Å². The molecule has 138 valence electrons. The third-order valence-corrected chi connectivity index (χ3v) is 6.75. The highest BCUT2D eigenvalue weighted by Crippen LogP contribution is 2.37. The van der Waals surface area contributed by atoms with Gasteiger partial charge in [-0.1, -0.05) is 12.1 Å². The molecule has 2 aliphatic rings. The van der Waals surface area contributed by atoms with E-state index in [1.165, 1.54) is 12.1 Å². The molecule has 1 N–H and O–H groups in total. The Kier molecular flexibility index (Phi) is 5.11. The van der Waals surface area contributed by atoms with Crippen LogP contribution in [0.1, 0.15) is 24.8 Å². The molecule has 25 heavy (non-hydrogen) atoms. The number of rotatable bonds is 4. The van der Waals surface area contributed by atoms with Gasteiger partial charge in [-0.2, -0.15) is 8.78 Å². The van der Waals surface area contributed by atoms with Gasteiger partial charge in [0.15, 0.2) is 0 Å². The summed E-state index contributed by atoms with van der Waals surface area (Å²) < 4.78 is 47.9. The molecule has 1 amide bonds. The molecule has 0 atom stereocenters. The minimum Gasteiger partial charge on any atom is -0.342 e. The lowest BCUT2D eigenvalue weighted by atomic mass is 9.78. The summed E-state index contributed by atoms with van der Waals surface area (Å²) in [6.07, 6.45) is 3.31. The molecule has 1 aromatic rings. The van der Waals surface area contributed by atoms with Crippen molar-refractivity contribution < 1.29 is 22.0 Å². The minimum atomic E-state index is -4.59. The number of likely N-dealkylation sites (tertiary alicyclic amines) is 1. The number of hydrogen-bond acceptors (Lipinski definition) is 4. The molecule has 2 aliphatic heterocycles. The van der Waals surface area contributed by atoms with E-state index in [1.807, 2.05) is 4.90 Å². The molecule has 0 radical (unpaired) electrons. The maximum atomic E-state index is 12.5. The number of carbonyl (C=O) groups is 1. The number of nitrogens with zero attached hydrogens (tertiary/aromatic N) is 1. The maximum Gasteiger partial charge on any atom is 0.341 e. The lowest BCUT2D eigenvalue weighted by molar-refractivity contribution is -0.132. The third-order valence-electron chi connectivity index (χ3n) is 5.35. The second kappa shape index (κ2) is 6.99. The van der Waals surface area contributed by atoms with E-state index in [1.54, 1.807) is 0 Å². The molecule has 5 nitrogen and oxygen atoms in total. The predicted octanol–water partition coefficient (Wildman–Crippen LogP) is 1.83. The number of piperidine rings is 1. The van der Waals surface area contributed by atoms with Crippen molar-refractivity contribution in [2.75, 3.05) is 26.2 Å². The summed E-state index contributed by atoms with van der Waals surface area (Å²) in [6, 6.07) is 5.14. The van der Waals surface area contributed by atoms with Crippen molar-refractivity contribution in [3.05, 3.63) is 29.8 Å². The van der Waals surface area contributed by atoms with Crippen LogP contribution in [0.3, 0.4) is 0 Å². The first kappa shape index (κ1) is 18.3. The second-order valence-corrected chi connectivity index (χ2v) is 8.85. The normalized spacial score (nSPS) is 20.4. The van der Waals surface area contributed by atoms with Crippen LogP contribution in [0.15, 0.2) is 29.2 Å². The molecule has 0 saturated carbocycles. The van der Waals surface area contributed by atoms with E-state index in [2.05, 4.69) is 5.32 Å². The standard InChI is InChI=1S/C17H22F2N2O3S/c18-16(19)25(23,24)14-3-1-13(2-4-14)11-15(22)21-9-6-17(7-10-21)5-8-20-12-17/h1-4,16,20H,5-12H2. The number of halogens is 2. The average molecular weight is 372 g/mol. The average Bonchev–Trinajstić information content (AvgIpc) is 3.04. The van der Waals surface area contributed by atoms with Crippen LogP contribution < -0.4 is 5.32 Å². The Morgan fingerprint density at radius 3 is 2.32 bits per heavy atom. The summed E-state index contributed by atoms with van der Waals surface area (Å²) in [4.78, 5) is 13.8. The van der Waals surface area contributed by atoms with Crippen molar-refractivity contribution in [2.45, 2.75) is 36.3 Å². The number of amides is 1. The SMILES string of the molecule is O=C(Cc1ccc(S(=O)(=O)C(F)F)cc1)N1CCC2(CCNC2)CC1. The summed E-state index contributed by atoms with van der Waals surface area (Å²) >= 11 is 0. The largest absolute Gasteiger partial charge is 0.342 e. The number of carbonyl (C=O) groups excluding carboxylic acids is 1. The Bertz CT molecular complexity index is 719. The topological polar surface area (TPSA) is 66.5 Å². The highest BCUT2D eigenvalue weighted by molar-refractivity contribution is 7.91. The predicted molar refractivity (Wildman–Crippen MR) is 89.1 cm³/mol. The van der Waals surface area contributed by atoms with Crippen molar-refractivity contribution in [3.63, 3.8) is 0 Å². The van der Waals surface area contributed by atoms with Crippen molar-refractivity contribution in [2.24, 2.45) is 5.41 Å². The fraction of sp³-hybridized carbons (Fsp3) is 0.588. The summed E-state index contributed by atoms with van der Waals surface area (Å²) in [5.74, 6) is -3.45. The molecule has 0 bridgehead atoms. The number of sulfone groups is 1. The Balaban J connectivity index is 1.58. The van der Waals surface area contributed by atoms with Crippen LogP contribution in [0.25, 0.3) is 0 Å². The molecule has 3 rings (SSSR count). The van der Waals surface area contributed by atoms with Crippen molar-refractivity contribution in [1.29, 1.82) is 0 Å². The van der Waals surface area contributed by atoms with Gasteiger partial charge in [0.1, 0.15) is 0 Å². The van der Waals surface area contributed by atoms with E-state index >= 15 is 0 Å². The van der Waals surface area contributed by atoms with Crippen LogP contribution in [0.4, 0.5) is 8.78 Å². The van der Waals surface area contributed by atoms with Gasteiger partial charge in [-0.25, -0.2) is 8.42 Å². The molecule has 2 fully saturated rings. The summed E-state index contributed by atoms with van der Waals surface area (Å²) in [5, 5.41) is 3.39. The molecule has 0 aromatic heterocycles. The van der Waals surface area contributed by atoms with Crippen LogP contribution in [0, 0.1) is 5.41 Å². The Morgan fingerprint density at radius 2 is 1.80 bits per heavy atom. The van der Waals surface area contributed by atoms with Gasteiger partial charge in [-0.3, -0.25) is 4.79 Å². The Labute approximate surface area is 146 Å². The van der Waals surface area contributed by atoms with E-state index in [-0.39, 0.29) is 12.3 Å². The first-order valence-corrected chi connectivity index (χ1v) is 9.97. The number of alkyl halides is 2. The molecule has 8 heteroatoms. The van der Waals surface area contributed by atoms with Crippen molar-refractivity contribution >= 4 is 15.7 Å². The second-order valence-electron chi connectivity index (χ2n) is 6.93. The first-order chi connectivity index (χ1) is 11.8. The summed E-state index contributed by atoms with van der Waals surface area (Å²) in [7, 11) is -4.59. The minimum absolute atomic E-state index is 0.00901. The molecular weight excluding hydrogens is 350 g/mol. The van der Waals surface area contributed by atoms with Crippen molar-refractivity contribution in [3.8, 4) is 0 Å². The lowest BCUT2D eigenvalue weighted by Gasteiger charge is -2.39. The zero-order valence-corrected chi connectivity index (χ0v) is 14.7. The van der Waals surface area contributed by atoms with Gasteiger partial charge in [0, 0.05) is 19.6 Å². The van der Waals surface area contributed by atoms with Gasteiger partial charge in [-0.15, -0.1) is 0 Å². The van der Waals surface area contributed by atoms with Crippen LogP contribution in [-0.4, -0.2) is 51.2 Å². The molecule has 1 spiro atoms. The van der Waals surface area contributed by atoms with Gasteiger partial charge in [-0.05, 0) is 48.9 Å². The third kappa shape index (κ3) is 3.84. The molecule has 0 unspecified atom stereocenters. The van der Waals surface area contributed by atoms with Crippen molar-refractivity contribution in [1.82, 2.24) is 10.2 Å². The van der Waals surface area contributed by atoms with Gasteiger partial charge in [0.2, 0.25) is 15.7 Å². The van der Waals surface area contributed by atoms with E-state index in [0.29, 0.717) is 11.0 Å². The van der Waals surface area contributed by atoms with Gasteiger partial charge < -0.3 is 10.2 Å². The van der Waals surface area contributed by atoms with E-state index in [0.717, 1.165) is 57.6 Å². The fourth-order valence-corrected chi connectivity index (χ4v) is 4.36. The molecular formula is C17H22F2N2O3S. The van der Waals surface area contributed by atoms with Crippen LogP contribution in [0.2, 0.25) is 0 Å². The highest BCUT2D eigenvalue weighted by Gasteiger charge is 2.37. The Morgan fingerprint density at radius 1 is 1.16 bits per heavy atom. The molecule has 0 aliphatic carbocycles.